The molecule has 8 heteroatoms. The van der Waals surface area contributed by atoms with E-state index in [4.69, 9.17) is 22.7 Å². The van der Waals surface area contributed by atoms with E-state index in [1.165, 1.54) is 0 Å². The Morgan fingerprint density at radius 2 is 2.09 bits per heavy atom. The molecule has 3 N–H and O–H groups in total. The normalized spacial score (nSPS) is 11.1. The molecule has 23 heavy (non-hydrogen) atoms. The molecular weight excluding hydrogens is 324 g/mol. The predicted molar refractivity (Wildman–Crippen MR) is 82.9 cm³/mol. The van der Waals surface area contributed by atoms with Crippen molar-refractivity contribution in [3.8, 4) is 0 Å². The molecule has 0 radical (unpaired) electrons. The molecule has 2 aromatic heterocycles. The summed E-state index contributed by atoms with van der Waals surface area (Å²) in [4.78, 5) is 8.48. The Morgan fingerprint density at radius 3 is 2.78 bits per heavy atom. The molecule has 118 valence electrons. The molecule has 0 amide bonds. The molecule has 0 aliphatic heterocycles. The van der Waals surface area contributed by atoms with Crippen LogP contribution in [0.25, 0.3) is 5.65 Å². The van der Waals surface area contributed by atoms with Crippen molar-refractivity contribution in [1.29, 1.82) is 5.41 Å². The van der Waals surface area contributed by atoms with E-state index in [1.807, 2.05) is 6.92 Å². The molecule has 0 unspecified atom stereocenters. The lowest BCUT2D eigenvalue weighted by molar-refractivity contribution is 0.588. The van der Waals surface area contributed by atoms with Gasteiger partial charge in [0, 0.05) is 24.5 Å². The van der Waals surface area contributed by atoms with E-state index in [2.05, 4.69) is 9.97 Å². The van der Waals surface area contributed by atoms with Gasteiger partial charge in [-0.25, -0.2) is 18.7 Å². The zero-order valence-electron chi connectivity index (χ0n) is 12.1. The number of aromatic nitrogens is 3. The molecule has 0 aliphatic carbocycles. The number of benzene rings is 1. The average Bonchev–Trinajstić information content (AvgIpc) is 2.86. The second kappa shape index (κ2) is 5.58. The van der Waals surface area contributed by atoms with Crippen molar-refractivity contribution in [1.82, 2.24) is 14.4 Å². The highest BCUT2D eigenvalue weighted by molar-refractivity contribution is 6.30. The number of nitrogen functional groups attached to an aromatic ring is 1. The first-order valence-corrected chi connectivity index (χ1v) is 7.06. The fraction of sp³-hybridized carbons (Fsp3) is 0.133. The maximum Gasteiger partial charge on any atom is 0.159 e. The minimum Gasteiger partial charge on any atom is -0.382 e. The van der Waals surface area contributed by atoms with Gasteiger partial charge in [-0.15, -0.1) is 0 Å². The molecule has 3 aromatic rings. The third-order valence-electron chi connectivity index (χ3n) is 3.47. The van der Waals surface area contributed by atoms with Crippen molar-refractivity contribution in [3.63, 3.8) is 0 Å². The summed E-state index contributed by atoms with van der Waals surface area (Å²) in [6.45, 7) is 1.83. The number of halogens is 3. The van der Waals surface area contributed by atoms with Gasteiger partial charge in [0.25, 0.3) is 0 Å². The Kier molecular flexibility index (Phi) is 3.73. The summed E-state index contributed by atoms with van der Waals surface area (Å²) in [5.74, 6) is -1.56. The largest absolute Gasteiger partial charge is 0.382 e. The summed E-state index contributed by atoms with van der Waals surface area (Å²) in [7, 11) is 0. The van der Waals surface area contributed by atoms with Gasteiger partial charge < -0.3 is 10.1 Å². The molecule has 0 bridgehead atoms. The van der Waals surface area contributed by atoms with E-state index >= 15 is 0 Å². The zero-order chi connectivity index (χ0) is 16.7. The lowest BCUT2D eigenvalue weighted by atomic mass is 10.1. The first-order chi connectivity index (χ1) is 10.9. The van der Waals surface area contributed by atoms with Gasteiger partial charge in [0.2, 0.25) is 0 Å². The van der Waals surface area contributed by atoms with E-state index < -0.39 is 11.6 Å². The molecule has 0 atom stereocenters. The van der Waals surface area contributed by atoms with Crippen LogP contribution in [-0.4, -0.2) is 20.2 Å². The van der Waals surface area contributed by atoms with Crippen molar-refractivity contribution in [2.24, 2.45) is 5.73 Å². The van der Waals surface area contributed by atoms with Crippen LogP contribution in [-0.2, 0) is 6.42 Å². The summed E-state index contributed by atoms with van der Waals surface area (Å²) in [6, 6.07) is 1.96. The predicted octanol–water partition coefficient (Wildman–Crippen LogP) is 2.84. The fourth-order valence-electron chi connectivity index (χ4n) is 2.30. The summed E-state index contributed by atoms with van der Waals surface area (Å²) >= 11 is 5.56. The molecule has 1 aromatic carbocycles. The minimum atomic E-state index is -0.707. The van der Waals surface area contributed by atoms with Crippen molar-refractivity contribution in [2.75, 3.05) is 0 Å². The molecule has 0 spiro atoms. The van der Waals surface area contributed by atoms with Gasteiger partial charge in [0.15, 0.2) is 5.65 Å². The maximum atomic E-state index is 14.0. The van der Waals surface area contributed by atoms with Crippen LogP contribution >= 0.6 is 11.6 Å². The third-order valence-corrected chi connectivity index (χ3v) is 3.76. The molecule has 3 rings (SSSR count). The number of hydrogen-bond acceptors (Lipinski definition) is 3. The van der Waals surface area contributed by atoms with E-state index in [-0.39, 0.29) is 28.5 Å². The monoisotopic (exact) mass is 335 g/mol. The van der Waals surface area contributed by atoms with Gasteiger partial charge in [-0.1, -0.05) is 11.6 Å². The SMILES string of the molecule is Cc1cnc2c(Cc3cc(F)c(Cl)cc3F)nc(C(=N)N)cn12. The Labute approximate surface area is 135 Å². The second-order valence-corrected chi connectivity index (χ2v) is 5.52. The number of imidazole rings is 1. The number of fused-ring (bicyclic) bond motifs is 1. The van der Waals surface area contributed by atoms with E-state index in [0.717, 1.165) is 17.8 Å². The summed E-state index contributed by atoms with van der Waals surface area (Å²) in [5.41, 5.74) is 7.54. The topological polar surface area (TPSA) is 80.1 Å². The molecule has 5 nitrogen and oxygen atoms in total. The van der Waals surface area contributed by atoms with Crippen LogP contribution in [0.5, 0.6) is 0 Å². The molecular formula is C15H12ClF2N5. The van der Waals surface area contributed by atoms with Gasteiger partial charge in [0.05, 0.1) is 10.7 Å². The maximum absolute atomic E-state index is 14.0. The third kappa shape index (κ3) is 2.75. The molecule has 0 saturated heterocycles. The molecule has 0 saturated carbocycles. The zero-order valence-corrected chi connectivity index (χ0v) is 12.8. The highest BCUT2D eigenvalue weighted by Gasteiger charge is 2.15. The quantitative estimate of drug-likeness (QED) is 0.439. The Bertz CT molecular complexity index is 935. The Hall–Kier alpha value is -2.54. The number of nitrogens with one attached hydrogen (secondary N) is 1. The molecule has 0 aliphatic rings. The molecule has 0 fully saturated rings. The van der Waals surface area contributed by atoms with Gasteiger partial charge in [-0.3, -0.25) is 5.41 Å². The lowest BCUT2D eigenvalue weighted by Gasteiger charge is -2.09. The minimum absolute atomic E-state index is 0.000988. The van der Waals surface area contributed by atoms with Crippen LogP contribution in [0.3, 0.4) is 0 Å². The van der Waals surface area contributed by atoms with Crippen molar-refractivity contribution in [3.05, 3.63) is 63.8 Å². The van der Waals surface area contributed by atoms with Crippen molar-refractivity contribution < 1.29 is 8.78 Å². The van der Waals surface area contributed by atoms with E-state index in [1.54, 1.807) is 16.8 Å². The number of nitrogens with zero attached hydrogens (tertiary/aromatic N) is 3. The lowest BCUT2D eigenvalue weighted by Crippen LogP contribution is -2.16. The van der Waals surface area contributed by atoms with Crippen molar-refractivity contribution >= 4 is 23.1 Å². The first-order valence-electron chi connectivity index (χ1n) is 6.68. The van der Waals surface area contributed by atoms with E-state index in [0.29, 0.717) is 11.3 Å². The highest BCUT2D eigenvalue weighted by atomic mass is 35.5. The van der Waals surface area contributed by atoms with Gasteiger partial charge in [-0.05, 0) is 24.6 Å². The van der Waals surface area contributed by atoms with Crippen LogP contribution in [0.15, 0.2) is 24.5 Å². The summed E-state index contributed by atoms with van der Waals surface area (Å²) < 4.78 is 29.3. The number of amidine groups is 1. The smallest absolute Gasteiger partial charge is 0.159 e. The van der Waals surface area contributed by atoms with Crippen LogP contribution in [0, 0.1) is 24.0 Å². The Balaban J connectivity index is 2.16. The molecule has 2 heterocycles. The number of rotatable bonds is 3. The van der Waals surface area contributed by atoms with E-state index in [9.17, 15) is 8.78 Å². The highest BCUT2D eigenvalue weighted by Crippen LogP contribution is 2.22. The number of aryl methyl sites for hydroxylation is 1. The standard InChI is InChI=1S/C15H12ClF2N5/c1-7-5-21-15-12(22-13(14(19)20)6-23(7)15)3-8-2-11(18)9(16)4-10(8)17/h2,4-6H,3H2,1H3,(H3,19,20). The van der Waals surface area contributed by atoms with Crippen LogP contribution in [0.2, 0.25) is 5.02 Å². The fourth-order valence-corrected chi connectivity index (χ4v) is 2.45. The van der Waals surface area contributed by atoms with Gasteiger partial charge in [-0.2, -0.15) is 0 Å². The second-order valence-electron chi connectivity index (χ2n) is 5.11. The summed E-state index contributed by atoms with van der Waals surface area (Å²) in [5, 5.41) is 7.27. The number of hydrogen-bond donors (Lipinski definition) is 2. The number of nitrogens with two attached hydrogens (primary N) is 1. The van der Waals surface area contributed by atoms with Crippen LogP contribution in [0.4, 0.5) is 8.78 Å². The van der Waals surface area contributed by atoms with Crippen molar-refractivity contribution in [2.45, 2.75) is 13.3 Å². The first kappa shape index (κ1) is 15.4. The van der Waals surface area contributed by atoms with Crippen LogP contribution < -0.4 is 5.73 Å². The van der Waals surface area contributed by atoms with Crippen LogP contribution in [0.1, 0.15) is 22.6 Å². The van der Waals surface area contributed by atoms with Gasteiger partial charge >= 0.3 is 0 Å². The van der Waals surface area contributed by atoms with Gasteiger partial charge in [0.1, 0.15) is 23.2 Å². The Morgan fingerprint density at radius 1 is 1.35 bits per heavy atom. The average molecular weight is 336 g/mol. The summed E-state index contributed by atoms with van der Waals surface area (Å²) in [6.07, 6.45) is 3.21.